The van der Waals surface area contributed by atoms with Gasteiger partial charge in [0.05, 0.1) is 9.17 Å². The fourth-order valence-corrected chi connectivity index (χ4v) is 5.51. The predicted octanol–water partition coefficient (Wildman–Crippen LogP) is 4.19. The van der Waals surface area contributed by atoms with Gasteiger partial charge in [0.15, 0.2) is 0 Å². The molecule has 1 aliphatic heterocycles. The van der Waals surface area contributed by atoms with Gasteiger partial charge in [0.1, 0.15) is 17.0 Å². The van der Waals surface area contributed by atoms with Gasteiger partial charge in [-0.1, -0.05) is 0 Å². The van der Waals surface area contributed by atoms with E-state index in [1.54, 1.807) is 29.0 Å². The van der Waals surface area contributed by atoms with E-state index in [2.05, 4.69) is 54.4 Å². The third-order valence-corrected chi connectivity index (χ3v) is 7.12. The molecule has 4 heterocycles. The highest BCUT2D eigenvalue weighted by Gasteiger charge is 2.23. The molecule has 8 heteroatoms. The number of thiophene rings is 2. The van der Waals surface area contributed by atoms with E-state index in [0.29, 0.717) is 6.42 Å². The van der Waals surface area contributed by atoms with Crippen molar-refractivity contribution in [1.82, 2.24) is 14.9 Å². The number of anilines is 1. The Bertz CT molecular complexity index is 901. The maximum absolute atomic E-state index is 12.5. The van der Waals surface area contributed by atoms with Gasteiger partial charge in [0.2, 0.25) is 5.91 Å². The Balaban J connectivity index is 1.29. The van der Waals surface area contributed by atoms with Crippen molar-refractivity contribution in [3.63, 3.8) is 0 Å². The fourth-order valence-electron chi connectivity index (χ4n) is 3.25. The van der Waals surface area contributed by atoms with Crippen LogP contribution in [0.2, 0.25) is 0 Å². The molecule has 0 spiro atoms. The molecule has 0 atom stereocenters. The van der Waals surface area contributed by atoms with Crippen molar-refractivity contribution >= 4 is 60.5 Å². The van der Waals surface area contributed by atoms with Crippen LogP contribution in [0.15, 0.2) is 33.7 Å². The monoisotopic (exact) mass is 450 g/mol. The first-order valence-corrected chi connectivity index (χ1v) is 11.1. The Morgan fingerprint density at radius 2 is 2.00 bits per heavy atom. The molecule has 1 saturated heterocycles. The zero-order chi connectivity index (χ0) is 17.9. The van der Waals surface area contributed by atoms with Gasteiger partial charge in [-0.05, 0) is 52.4 Å². The van der Waals surface area contributed by atoms with E-state index < -0.39 is 0 Å². The Morgan fingerprint density at radius 1 is 1.15 bits per heavy atom. The van der Waals surface area contributed by atoms with Gasteiger partial charge in [-0.2, -0.15) is 0 Å². The molecule has 1 aliphatic rings. The van der Waals surface area contributed by atoms with Crippen LogP contribution in [0, 0.1) is 0 Å². The summed E-state index contributed by atoms with van der Waals surface area (Å²) in [4.78, 5) is 27.9. The zero-order valence-electron chi connectivity index (χ0n) is 14.2. The molecule has 3 aromatic heterocycles. The van der Waals surface area contributed by atoms with Crippen LogP contribution in [0.4, 0.5) is 5.82 Å². The number of piperazine rings is 1. The van der Waals surface area contributed by atoms with E-state index in [0.717, 1.165) is 58.8 Å². The van der Waals surface area contributed by atoms with Gasteiger partial charge >= 0.3 is 0 Å². The van der Waals surface area contributed by atoms with Gasteiger partial charge in [-0.3, -0.25) is 4.79 Å². The summed E-state index contributed by atoms with van der Waals surface area (Å²) >= 11 is 6.87. The summed E-state index contributed by atoms with van der Waals surface area (Å²) < 4.78 is 1.15. The van der Waals surface area contributed by atoms with Crippen LogP contribution in [-0.2, 0) is 11.2 Å². The molecular weight excluding hydrogens is 432 g/mol. The largest absolute Gasteiger partial charge is 0.352 e. The first kappa shape index (κ1) is 17.9. The SMILES string of the molecule is O=C(CCCc1ccc(Br)s1)N1CCN(c2ncnc3sccc23)CC1. The minimum absolute atomic E-state index is 0.267. The smallest absolute Gasteiger partial charge is 0.222 e. The zero-order valence-corrected chi connectivity index (χ0v) is 17.4. The van der Waals surface area contributed by atoms with Crippen LogP contribution in [0.3, 0.4) is 0 Å². The van der Waals surface area contributed by atoms with Crippen molar-refractivity contribution in [3.8, 4) is 0 Å². The van der Waals surface area contributed by atoms with Crippen LogP contribution in [0.25, 0.3) is 10.2 Å². The van der Waals surface area contributed by atoms with Gasteiger partial charge in [-0.15, -0.1) is 22.7 Å². The molecule has 0 radical (unpaired) electrons. The molecule has 0 bridgehead atoms. The second-order valence-electron chi connectivity index (χ2n) is 6.26. The number of hydrogen-bond donors (Lipinski definition) is 0. The summed E-state index contributed by atoms with van der Waals surface area (Å²) in [6, 6.07) is 6.28. The Kier molecular flexibility index (Phi) is 5.52. The molecule has 1 fully saturated rings. The number of halogens is 1. The summed E-state index contributed by atoms with van der Waals surface area (Å²) in [6.45, 7) is 3.18. The van der Waals surface area contributed by atoms with E-state index in [4.69, 9.17) is 0 Å². The highest BCUT2D eigenvalue weighted by molar-refractivity contribution is 9.11. The lowest BCUT2D eigenvalue weighted by atomic mass is 10.2. The second kappa shape index (κ2) is 8.02. The van der Waals surface area contributed by atoms with E-state index >= 15 is 0 Å². The van der Waals surface area contributed by atoms with Crippen molar-refractivity contribution < 1.29 is 4.79 Å². The Labute approximate surface area is 168 Å². The van der Waals surface area contributed by atoms with Crippen molar-refractivity contribution in [2.45, 2.75) is 19.3 Å². The van der Waals surface area contributed by atoms with E-state index in [9.17, 15) is 4.79 Å². The number of aryl methyl sites for hydroxylation is 1. The molecule has 5 nitrogen and oxygen atoms in total. The number of amides is 1. The number of fused-ring (bicyclic) bond motifs is 1. The average Bonchev–Trinajstić information content (AvgIpc) is 3.30. The van der Waals surface area contributed by atoms with Crippen LogP contribution in [0.5, 0.6) is 0 Å². The summed E-state index contributed by atoms with van der Waals surface area (Å²) in [5, 5.41) is 3.16. The van der Waals surface area contributed by atoms with Crippen LogP contribution in [0.1, 0.15) is 17.7 Å². The normalized spacial score (nSPS) is 15.0. The van der Waals surface area contributed by atoms with Crippen molar-refractivity contribution in [2.75, 3.05) is 31.1 Å². The summed E-state index contributed by atoms with van der Waals surface area (Å²) in [5.41, 5.74) is 0. The molecular formula is C18H19BrN4OS2. The minimum atomic E-state index is 0.267. The first-order chi connectivity index (χ1) is 12.7. The lowest BCUT2D eigenvalue weighted by molar-refractivity contribution is -0.131. The second-order valence-corrected chi connectivity index (χ2v) is 9.71. The maximum Gasteiger partial charge on any atom is 0.222 e. The molecule has 4 rings (SSSR count). The molecule has 26 heavy (non-hydrogen) atoms. The molecule has 3 aromatic rings. The highest BCUT2D eigenvalue weighted by Crippen LogP contribution is 2.27. The fraction of sp³-hybridized carbons (Fsp3) is 0.389. The van der Waals surface area contributed by atoms with Crippen LogP contribution >= 0.6 is 38.6 Å². The Morgan fingerprint density at radius 3 is 2.77 bits per heavy atom. The topological polar surface area (TPSA) is 49.3 Å². The molecule has 0 unspecified atom stereocenters. The van der Waals surface area contributed by atoms with Crippen LogP contribution in [-0.4, -0.2) is 47.0 Å². The lowest BCUT2D eigenvalue weighted by Crippen LogP contribution is -2.49. The number of aromatic nitrogens is 2. The van der Waals surface area contributed by atoms with Gasteiger partial charge in [0.25, 0.3) is 0 Å². The Hall–Kier alpha value is -1.51. The number of carbonyl (C=O) groups is 1. The maximum atomic E-state index is 12.5. The molecule has 136 valence electrons. The van der Waals surface area contributed by atoms with Crippen molar-refractivity contribution in [2.24, 2.45) is 0 Å². The summed E-state index contributed by atoms with van der Waals surface area (Å²) in [6.07, 6.45) is 4.14. The van der Waals surface area contributed by atoms with Gasteiger partial charge in [-0.25, -0.2) is 9.97 Å². The summed E-state index contributed by atoms with van der Waals surface area (Å²) in [5.74, 6) is 1.26. The lowest BCUT2D eigenvalue weighted by Gasteiger charge is -2.35. The predicted molar refractivity (Wildman–Crippen MR) is 111 cm³/mol. The van der Waals surface area contributed by atoms with E-state index in [-0.39, 0.29) is 5.91 Å². The van der Waals surface area contributed by atoms with Gasteiger partial charge in [0, 0.05) is 37.5 Å². The van der Waals surface area contributed by atoms with E-state index in [1.165, 1.54) is 4.88 Å². The molecule has 0 aliphatic carbocycles. The molecule has 0 saturated carbocycles. The highest BCUT2D eigenvalue weighted by atomic mass is 79.9. The molecule has 0 aromatic carbocycles. The van der Waals surface area contributed by atoms with Crippen molar-refractivity contribution in [1.29, 1.82) is 0 Å². The van der Waals surface area contributed by atoms with Crippen LogP contribution < -0.4 is 4.90 Å². The number of hydrogen-bond acceptors (Lipinski definition) is 6. The van der Waals surface area contributed by atoms with E-state index in [1.807, 2.05) is 4.90 Å². The number of nitrogens with zero attached hydrogens (tertiary/aromatic N) is 4. The molecule has 1 amide bonds. The average molecular weight is 451 g/mol. The number of carbonyl (C=O) groups excluding carboxylic acids is 1. The minimum Gasteiger partial charge on any atom is -0.352 e. The third-order valence-electron chi connectivity index (χ3n) is 4.62. The molecule has 0 N–H and O–H groups in total. The van der Waals surface area contributed by atoms with Gasteiger partial charge < -0.3 is 9.80 Å². The standard InChI is InChI=1S/C18H19BrN4OS2/c19-15-5-4-13(26-15)2-1-3-16(24)22-7-9-23(10-8-22)17-14-6-11-25-18(14)21-12-20-17/h4-6,11-12H,1-3,7-10H2. The third kappa shape index (κ3) is 3.92. The quantitative estimate of drug-likeness (QED) is 0.584. The summed E-state index contributed by atoms with van der Waals surface area (Å²) in [7, 11) is 0. The van der Waals surface area contributed by atoms with Crippen molar-refractivity contribution in [3.05, 3.63) is 38.6 Å². The number of rotatable bonds is 5. The first-order valence-electron chi connectivity index (χ1n) is 8.66.